The number of ether oxygens (including phenoxy) is 4. The average molecular weight is 419 g/mol. The van der Waals surface area contributed by atoms with Crippen LogP contribution in [0.2, 0.25) is 0 Å². The number of hydrogen-bond acceptors (Lipinski definition) is 6. The van der Waals surface area contributed by atoms with E-state index in [1.165, 1.54) is 21.3 Å². The molecule has 1 aromatic carbocycles. The van der Waals surface area contributed by atoms with E-state index < -0.39 is 5.97 Å². The quantitative estimate of drug-likeness (QED) is 0.271. The van der Waals surface area contributed by atoms with Crippen LogP contribution in [0.5, 0.6) is 5.75 Å². The van der Waals surface area contributed by atoms with Gasteiger partial charge in [0.05, 0.1) is 33.4 Å². The molecule has 2 unspecified atom stereocenters. The number of rotatable bonds is 7. The Morgan fingerprint density at radius 2 is 1.60 bits per heavy atom. The molecule has 1 aromatic rings. The van der Waals surface area contributed by atoms with Crippen molar-refractivity contribution in [3.05, 3.63) is 47.6 Å². The number of carbonyl (C=O) groups excluding carboxylic acids is 2. The maximum absolute atomic E-state index is 12.1. The van der Waals surface area contributed by atoms with Crippen LogP contribution < -0.4 is 4.74 Å². The predicted molar refractivity (Wildman–Crippen MR) is 117 cm³/mol. The topological polar surface area (TPSA) is 71.1 Å². The van der Waals surface area contributed by atoms with Gasteiger partial charge in [0.15, 0.2) is 0 Å². The third-order valence-corrected chi connectivity index (χ3v) is 4.83. The third kappa shape index (κ3) is 6.65. The number of hydrogen-bond donors (Lipinski definition) is 0. The molecule has 0 amide bonds. The Morgan fingerprint density at radius 1 is 0.967 bits per heavy atom. The summed E-state index contributed by atoms with van der Waals surface area (Å²) in [5, 5.41) is 0. The Balaban J connectivity index is 0.00000218. The Hall–Kier alpha value is -2.76. The van der Waals surface area contributed by atoms with Crippen molar-refractivity contribution in [3.8, 4) is 5.75 Å². The van der Waals surface area contributed by atoms with Crippen molar-refractivity contribution >= 4 is 17.7 Å². The van der Waals surface area contributed by atoms with Crippen LogP contribution >= 0.6 is 0 Å². The minimum atomic E-state index is -0.499. The van der Waals surface area contributed by atoms with Crippen molar-refractivity contribution in [1.82, 2.24) is 0 Å². The first kappa shape index (κ1) is 25.3. The van der Waals surface area contributed by atoms with E-state index in [4.69, 9.17) is 18.9 Å². The zero-order chi connectivity index (χ0) is 22.7. The van der Waals surface area contributed by atoms with Gasteiger partial charge >= 0.3 is 11.9 Å². The van der Waals surface area contributed by atoms with Crippen molar-refractivity contribution in [2.75, 3.05) is 21.3 Å². The molecular formula is C24H34O6. The van der Waals surface area contributed by atoms with Gasteiger partial charge in [0.1, 0.15) is 17.1 Å². The van der Waals surface area contributed by atoms with Crippen molar-refractivity contribution in [2.45, 2.75) is 52.6 Å². The summed E-state index contributed by atoms with van der Waals surface area (Å²) < 4.78 is 21.2. The normalized spacial score (nSPS) is 18.7. The molecule has 0 heterocycles. The standard InChI is InChI=1S/C22H28O6.C2H6/c1-14(2)19(22(24)27-5)20(25-3)15-9-11-17(12-10-15)28-18-8-6-7-16(13-18)21(23)26-4;1-2/h9-12,16,18H,1,6-8,13H2,2-5H3;1-2H3/b20-19+;. The van der Waals surface area contributed by atoms with E-state index in [1.807, 2.05) is 38.1 Å². The molecule has 0 N–H and O–H groups in total. The van der Waals surface area contributed by atoms with Gasteiger partial charge < -0.3 is 18.9 Å². The van der Waals surface area contributed by atoms with Gasteiger partial charge in [-0.05, 0) is 62.4 Å². The lowest BCUT2D eigenvalue weighted by molar-refractivity contribution is -0.147. The van der Waals surface area contributed by atoms with E-state index in [9.17, 15) is 9.59 Å². The second kappa shape index (κ2) is 12.7. The molecule has 0 aliphatic heterocycles. The maximum Gasteiger partial charge on any atom is 0.341 e. The van der Waals surface area contributed by atoms with E-state index in [0.29, 0.717) is 34.6 Å². The highest BCUT2D eigenvalue weighted by Crippen LogP contribution is 2.30. The van der Waals surface area contributed by atoms with Crippen LogP contribution in [-0.4, -0.2) is 39.4 Å². The molecule has 0 radical (unpaired) electrons. The molecule has 1 saturated carbocycles. The highest BCUT2D eigenvalue weighted by Gasteiger charge is 2.29. The minimum Gasteiger partial charge on any atom is -0.495 e. The predicted octanol–water partition coefficient (Wildman–Crippen LogP) is 4.93. The maximum atomic E-state index is 12.1. The molecule has 1 aliphatic rings. The van der Waals surface area contributed by atoms with Crippen molar-refractivity contribution in [3.63, 3.8) is 0 Å². The van der Waals surface area contributed by atoms with Crippen molar-refractivity contribution in [1.29, 1.82) is 0 Å². The smallest absolute Gasteiger partial charge is 0.341 e. The van der Waals surface area contributed by atoms with Crippen molar-refractivity contribution in [2.24, 2.45) is 5.92 Å². The molecule has 6 heteroatoms. The Morgan fingerprint density at radius 3 is 2.10 bits per heavy atom. The minimum absolute atomic E-state index is 0.0258. The highest BCUT2D eigenvalue weighted by molar-refractivity contribution is 6.00. The van der Waals surface area contributed by atoms with Crippen LogP contribution in [0, 0.1) is 5.92 Å². The Kier molecular flexibility index (Phi) is 10.7. The second-order valence-electron chi connectivity index (χ2n) is 6.83. The molecule has 1 fully saturated rings. The molecule has 0 saturated heterocycles. The highest BCUT2D eigenvalue weighted by atomic mass is 16.5. The lowest BCUT2D eigenvalue weighted by atomic mass is 9.87. The summed E-state index contributed by atoms with van der Waals surface area (Å²) in [4.78, 5) is 23.9. The fourth-order valence-electron chi connectivity index (χ4n) is 3.44. The van der Waals surface area contributed by atoms with Crippen LogP contribution in [0.15, 0.2) is 42.0 Å². The summed E-state index contributed by atoms with van der Waals surface area (Å²) in [5.41, 5.74) is 1.57. The largest absolute Gasteiger partial charge is 0.495 e. The summed E-state index contributed by atoms with van der Waals surface area (Å²) in [6.45, 7) is 9.57. The third-order valence-electron chi connectivity index (χ3n) is 4.83. The van der Waals surface area contributed by atoms with Gasteiger partial charge in [-0.25, -0.2) is 4.79 Å². The summed E-state index contributed by atoms with van der Waals surface area (Å²) in [6.07, 6.45) is 3.30. The summed E-state index contributed by atoms with van der Waals surface area (Å²) in [5.74, 6) is 0.317. The van der Waals surface area contributed by atoms with E-state index in [2.05, 4.69) is 6.58 Å². The van der Waals surface area contributed by atoms with Crippen LogP contribution in [0.4, 0.5) is 0 Å². The number of carbonyl (C=O) groups is 2. The summed E-state index contributed by atoms with van der Waals surface area (Å²) in [7, 11) is 4.24. The Labute approximate surface area is 179 Å². The Bertz CT molecular complexity index is 747. The van der Waals surface area contributed by atoms with E-state index in [0.717, 1.165) is 19.3 Å². The molecule has 30 heavy (non-hydrogen) atoms. The van der Waals surface area contributed by atoms with Crippen LogP contribution in [0.1, 0.15) is 52.0 Å². The van der Waals surface area contributed by atoms with E-state index >= 15 is 0 Å². The fraction of sp³-hybridized carbons (Fsp3) is 0.500. The van der Waals surface area contributed by atoms with Gasteiger partial charge in [-0.15, -0.1) is 0 Å². The van der Waals surface area contributed by atoms with Gasteiger partial charge in [-0.3, -0.25) is 4.79 Å². The van der Waals surface area contributed by atoms with Crippen LogP contribution in [0.25, 0.3) is 5.76 Å². The summed E-state index contributed by atoms with van der Waals surface area (Å²) >= 11 is 0. The van der Waals surface area contributed by atoms with Gasteiger partial charge in [0.2, 0.25) is 0 Å². The molecule has 1 aliphatic carbocycles. The van der Waals surface area contributed by atoms with Crippen LogP contribution in [-0.2, 0) is 23.8 Å². The van der Waals surface area contributed by atoms with Gasteiger partial charge in [0.25, 0.3) is 0 Å². The second-order valence-corrected chi connectivity index (χ2v) is 6.83. The van der Waals surface area contributed by atoms with E-state index in [-0.39, 0.29) is 18.0 Å². The molecular weight excluding hydrogens is 384 g/mol. The molecule has 2 rings (SSSR count). The lowest BCUT2D eigenvalue weighted by Gasteiger charge is -2.28. The first-order valence-corrected chi connectivity index (χ1v) is 10.3. The van der Waals surface area contributed by atoms with Gasteiger partial charge in [-0.2, -0.15) is 0 Å². The summed E-state index contributed by atoms with van der Waals surface area (Å²) in [6, 6.07) is 7.29. The lowest BCUT2D eigenvalue weighted by Crippen LogP contribution is -2.30. The van der Waals surface area contributed by atoms with Crippen LogP contribution in [0.3, 0.4) is 0 Å². The molecule has 0 bridgehead atoms. The molecule has 6 nitrogen and oxygen atoms in total. The number of benzene rings is 1. The molecule has 0 aromatic heterocycles. The monoisotopic (exact) mass is 418 g/mol. The van der Waals surface area contributed by atoms with Gasteiger partial charge in [0, 0.05) is 5.56 Å². The molecule has 166 valence electrons. The van der Waals surface area contributed by atoms with Crippen molar-refractivity contribution < 1.29 is 28.5 Å². The zero-order valence-corrected chi connectivity index (χ0v) is 18.9. The molecule has 2 atom stereocenters. The SMILES string of the molecule is C=C(C)/C(C(=O)OC)=C(\OC)c1ccc(OC2CCCC(C(=O)OC)C2)cc1.CC. The molecule has 0 spiro atoms. The van der Waals surface area contributed by atoms with E-state index in [1.54, 1.807) is 6.92 Å². The first-order valence-electron chi connectivity index (χ1n) is 10.3. The average Bonchev–Trinajstić information content (AvgIpc) is 2.78. The zero-order valence-electron chi connectivity index (χ0n) is 18.9. The van der Waals surface area contributed by atoms with Gasteiger partial charge in [-0.1, -0.05) is 20.4 Å². The first-order chi connectivity index (χ1) is 14.4. The number of methoxy groups -OCH3 is 3. The fourth-order valence-corrected chi connectivity index (χ4v) is 3.44. The number of esters is 2.